The monoisotopic (exact) mass is 235 g/mol. The van der Waals surface area contributed by atoms with Gasteiger partial charge in [-0.05, 0) is 39.1 Å². The molecule has 1 N–H and O–H groups in total. The number of nitrogens with one attached hydrogen (secondary N) is 1. The van der Waals surface area contributed by atoms with E-state index in [1.54, 1.807) is 0 Å². The maximum atomic E-state index is 5.96. The summed E-state index contributed by atoms with van der Waals surface area (Å²) in [4.78, 5) is 8.88. The molecule has 0 bridgehead atoms. The smallest absolute Gasteiger partial charge is 0.126 e. The van der Waals surface area contributed by atoms with Crippen molar-refractivity contribution in [2.45, 2.75) is 19.9 Å². The van der Waals surface area contributed by atoms with E-state index in [4.69, 9.17) is 11.6 Å². The van der Waals surface area contributed by atoms with E-state index >= 15 is 0 Å². The Morgan fingerprint density at radius 3 is 2.75 bits per heavy atom. The molecule has 2 aromatic rings. The van der Waals surface area contributed by atoms with Crippen molar-refractivity contribution < 1.29 is 0 Å². The first-order valence-electron chi connectivity index (χ1n) is 5.23. The minimum Gasteiger partial charge on any atom is -0.312 e. The molecule has 84 valence electrons. The third-order valence-corrected chi connectivity index (χ3v) is 2.88. The number of rotatable bonds is 2. The molecule has 1 unspecified atom stereocenters. The van der Waals surface area contributed by atoms with Gasteiger partial charge in [0.1, 0.15) is 5.82 Å². The fourth-order valence-electron chi connectivity index (χ4n) is 1.71. The van der Waals surface area contributed by atoms with E-state index in [1.165, 1.54) is 0 Å². The summed E-state index contributed by atoms with van der Waals surface area (Å²) in [5.41, 5.74) is 1.92. The lowest BCUT2D eigenvalue weighted by atomic mass is 10.1. The minimum atomic E-state index is 0.199. The normalized spacial score (nSPS) is 13.0. The summed E-state index contributed by atoms with van der Waals surface area (Å²) in [6.45, 7) is 3.97. The number of benzene rings is 1. The summed E-state index contributed by atoms with van der Waals surface area (Å²) in [5.74, 6) is 0.770. The van der Waals surface area contributed by atoms with Gasteiger partial charge in [-0.1, -0.05) is 11.6 Å². The van der Waals surface area contributed by atoms with Gasteiger partial charge in [0.15, 0.2) is 0 Å². The predicted octanol–water partition coefficient (Wildman–Crippen LogP) is 2.87. The molecule has 0 fully saturated rings. The third-order valence-electron chi connectivity index (χ3n) is 2.64. The van der Waals surface area contributed by atoms with Crippen LogP contribution in [0.5, 0.6) is 0 Å². The van der Waals surface area contributed by atoms with Crippen LogP contribution in [0.2, 0.25) is 5.02 Å². The second-order valence-electron chi connectivity index (χ2n) is 3.83. The number of aromatic nitrogens is 2. The van der Waals surface area contributed by atoms with Gasteiger partial charge in [-0.2, -0.15) is 0 Å². The van der Waals surface area contributed by atoms with Gasteiger partial charge in [0.05, 0.1) is 11.2 Å². The molecule has 0 saturated heterocycles. The van der Waals surface area contributed by atoms with E-state index in [0.29, 0.717) is 5.02 Å². The van der Waals surface area contributed by atoms with Crippen LogP contribution in [0.15, 0.2) is 18.2 Å². The highest BCUT2D eigenvalue weighted by molar-refractivity contribution is 6.31. The van der Waals surface area contributed by atoms with Crippen LogP contribution in [0.1, 0.15) is 24.5 Å². The van der Waals surface area contributed by atoms with Gasteiger partial charge in [0.2, 0.25) is 0 Å². The van der Waals surface area contributed by atoms with Crippen molar-refractivity contribution in [2.75, 3.05) is 7.05 Å². The lowest BCUT2D eigenvalue weighted by Crippen LogP contribution is -2.15. The number of nitrogens with zero attached hydrogens (tertiary/aromatic N) is 2. The molecule has 4 heteroatoms. The first-order valence-corrected chi connectivity index (χ1v) is 5.60. The largest absolute Gasteiger partial charge is 0.312 e. The van der Waals surface area contributed by atoms with Gasteiger partial charge in [-0.25, -0.2) is 9.97 Å². The molecule has 1 heterocycles. The summed E-state index contributed by atoms with van der Waals surface area (Å²) in [6.07, 6.45) is 0. The topological polar surface area (TPSA) is 37.8 Å². The van der Waals surface area contributed by atoms with Gasteiger partial charge >= 0.3 is 0 Å². The standard InChI is InChI=1S/C12H14ClN3/c1-7(14-3)12-10-5-4-9(13)6-11(10)15-8(2)16-12/h4-7,14H,1-3H3. The molecule has 1 atom stereocenters. The zero-order valence-corrected chi connectivity index (χ0v) is 10.3. The molecule has 1 aromatic heterocycles. The summed E-state index contributed by atoms with van der Waals surface area (Å²) < 4.78 is 0. The second kappa shape index (κ2) is 4.36. The van der Waals surface area contributed by atoms with Crippen LogP contribution in [-0.4, -0.2) is 17.0 Å². The fraction of sp³-hybridized carbons (Fsp3) is 0.333. The van der Waals surface area contributed by atoms with Crippen molar-refractivity contribution in [3.05, 3.63) is 34.7 Å². The van der Waals surface area contributed by atoms with Gasteiger partial charge in [-0.15, -0.1) is 0 Å². The zero-order valence-electron chi connectivity index (χ0n) is 9.58. The van der Waals surface area contributed by atoms with E-state index in [1.807, 2.05) is 32.2 Å². The Balaban J connectivity index is 2.72. The van der Waals surface area contributed by atoms with Crippen LogP contribution in [0.25, 0.3) is 10.9 Å². The Kier molecular flexibility index (Phi) is 3.08. The third kappa shape index (κ3) is 2.01. The molecule has 0 amide bonds. The van der Waals surface area contributed by atoms with Crippen molar-refractivity contribution in [3.8, 4) is 0 Å². The SMILES string of the molecule is CNC(C)c1nc(C)nc2cc(Cl)ccc12. The molecule has 0 aliphatic carbocycles. The van der Waals surface area contributed by atoms with Crippen molar-refractivity contribution in [1.29, 1.82) is 0 Å². The summed E-state index contributed by atoms with van der Waals surface area (Å²) in [5, 5.41) is 4.95. The Hall–Kier alpha value is -1.19. The molecule has 0 saturated carbocycles. The minimum absolute atomic E-state index is 0.199. The number of fused-ring (bicyclic) bond motifs is 1. The van der Waals surface area contributed by atoms with Gasteiger partial charge < -0.3 is 5.32 Å². The van der Waals surface area contributed by atoms with Crippen LogP contribution in [0, 0.1) is 6.92 Å². The molecule has 3 nitrogen and oxygen atoms in total. The lowest BCUT2D eigenvalue weighted by molar-refractivity contribution is 0.634. The Morgan fingerprint density at radius 2 is 2.06 bits per heavy atom. The average Bonchev–Trinajstić information content (AvgIpc) is 2.26. The van der Waals surface area contributed by atoms with Crippen LogP contribution in [-0.2, 0) is 0 Å². The highest BCUT2D eigenvalue weighted by Crippen LogP contribution is 2.23. The van der Waals surface area contributed by atoms with E-state index in [0.717, 1.165) is 22.4 Å². The maximum Gasteiger partial charge on any atom is 0.126 e. The zero-order chi connectivity index (χ0) is 11.7. The number of hydrogen-bond acceptors (Lipinski definition) is 3. The van der Waals surface area contributed by atoms with E-state index in [2.05, 4.69) is 22.2 Å². The number of hydrogen-bond donors (Lipinski definition) is 1. The molecule has 0 aliphatic heterocycles. The fourth-order valence-corrected chi connectivity index (χ4v) is 1.88. The highest BCUT2D eigenvalue weighted by atomic mass is 35.5. The van der Waals surface area contributed by atoms with Crippen LogP contribution < -0.4 is 5.32 Å². The first-order chi connectivity index (χ1) is 7.61. The first kappa shape index (κ1) is 11.3. The number of halogens is 1. The molecular formula is C12H14ClN3. The summed E-state index contributed by atoms with van der Waals surface area (Å²) >= 11 is 5.96. The van der Waals surface area contributed by atoms with Gasteiger partial charge in [0.25, 0.3) is 0 Å². The van der Waals surface area contributed by atoms with Crippen LogP contribution >= 0.6 is 11.6 Å². The van der Waals surface area contributed by atoms with Gasteiger partial charge in [-0.3, -0.25) is 0 Å². The van der Waals surface area contributed by atoms with Crippen molar-refractivity contribution in [1.82, 2.24) is 15.3 Å². The Bertz CT molecular complexity index is 520. The molecule has 1 aromatic carbocycles. The van der Waals surface area contributed by atoms with Crippen molar-refractivity contribution >= 4 is 22.5 Å². The van der Waals surface area contributed by atoms with Gasteiger partial charge in [0, 0.05) is 16.5 Å². The summed E-state index contributed by atoms with van der Waals surface area (Å²) in [6, 6.07) is 5.91. The molecule has 2 rings (SSSR count). The van der Waals surface area contributed by atoms with Crippen LogP contribution in [0.3, 0.4) is 0 Å². The Morgan fingerprint density at radius 1 is 1.31 bits per heavy atom. The van der Waals surface area contributed by atoms with Crippen molar-refractivity contribution in [3.63, 3.8) is 0 Å². The van der Waals surface area contributed by atoms with Crippen molar-refractivity contribution in [2.24, 2.45) is 0 Å². The number of aryl methyl sites for hydroxylation is 1. The molecule has 16 heavy (non-hydrogen) atoms. The molecule has 0 spiro atoms. The van der Waals surface area contributed by atoms with Crippen LogP contribution in [0.4, 0.5) is 0 Å². The quantitative estimate of drug-likeness (QED) is 0.870. The lowest BCUT2D eigenvalue weighted by Gasteiger charge is -2.13. The Labute approximate surface area is 99.9 Å². The second-order valence-corrected chi connectivity index (χ2v) is 4.26. The average molecular weight is 236 g/mol. The van der Waals surface area contributed by atoms with E-state index < -0.39 is 0 Å². The molecule has 0 radical (unpaired) electrons. The molecule has 0 aliphatic rings. The van der Waals surface area contributed by atoms with E-state index in [-0.39, 0.29) is 6.04 Å². The van der Waals surface area contributed by atoms with E-state index in [9.17, 15) is 0 Å². The maximum absolute atomic E-state index is 5.96. The molecular weight excluding hydrogens is 222 g/mol. The summed E-state index contributed by atoms with van der Waals surface area (Å²) in [7, 11) is 1.92. The highest BCUT2D eigenvalue weighted by Gasteiger charge is 2.11. The predicted molar refractivity (Wildman–Crippen MR) is 66.8 cm³/mol.